The molecule has 3 aromatic heterocycles. The Morgan fingerprint density at radius 1 is 1.20 bits per heavy atom. The zero-order valence-corrected chi connectivity index (χ0v) is 19.3. The first-order valence-electron chi connectivity index (χ1n) is 12.1. The van der Waals surface area contributed by atoms with E-state index in [0.29, 0.717) is 43.8 Å². The highest BCUT2D eigenvalue weighted by Gasteiger charge is 2.34. The molecule has 3 aliphatic heterocycles. The number of halogens is 1. The van der Waals surface area contributed by atoms with Crippen LogP contribution in [-0.2, 0) is 13.0 Å². The lowest BCUT2D eigenvalue weighted by Crippen LogP contribution is -2.40. The monoisotopic (exact) mass is 481 g/mol. The summed E-state index contributed by atoms with van der Waals surface area (Å²) in [7, 11) is 0. The second-order valence-corrected chi connectivity index (χ2v) is 9.59. The van der Waals surface area contributed by atoms with Crippen molar-refractivity contribution in [3.8, 4) is 11.5 Å². The smallest absolute Gasteiger partial charge is 0.251 e. The van der Waals surface area contributed by atoms with E-state index in [-0.39, 0.29) is 29.9 Å². The van der Waals surface area contributed by atoms with Gasteiger partial charge in [0, 0.05) is 44.7 Å². The van der Waals surface area contributed by atoms with Gasteiger partial charge in [-0.1, -0.05) is 0 Å². The van der Waals surface area contributed by atoms with Gasteiger partial charge in [0.15, 0.2) is 11.6 Å². The Bertz CT molecular complexity index is 1310. The van der Waals surface area contributed by atoms with Crippen LogP contribution in [0, 0.1) is 11.7 Å². The fourth-order valence-corrected chi connectivity index (χ4v) is 5.43. The van der Waals surface area contributed by atoms with Gasteiger partial charge >= 0.3 is 0 Å². The quantitative estimate of drug-likeness (QED) is 0.543. The molecule has 1 saturated heterocycles. The van der Waals surface area contributed by atoms with E-state index in [1.807, 2.05) is 0 Å². The molecule has 3 aromatic rings. The predicted octanol–water partition coefficient (Wildman–Crippen LogP) is 1.27. The third-order valence-corrected chi connectivity index (χ3v) is 7.16. The largest absolute Gasteiger partial charge is 0.492 e. The number of aromatic nitrogens is 3. The molecule has 0 aliphatic carbocycles. The van der Waals surface area contributed by atoms with Gasteiger partial charge in [-0.25, -0.2) is 4.39 Å². The molecule has 2 N–H and O–H groups in total. The number of pyridine rings is 3. The number of ether oxygens (including phenoxy) is 2. The van der Waals surface area contributed by atoms with E-state index in [2.05, 4.69) is 26.3 Å². The molecule has 0 spiro atoms. The molecule has 0 saturated carbocycles. The fraction of sp³-hybridized carbons (Fsp3) is 0.480. The Hall–Kier alpha value is -3.08. The van der Waals surface area contributed by atoms with E-state index in [0.717, 1.165) is 37.1 Å². The summed E-state index contributed by atoms with van der Waals surface area (Å²) in [5.74, 6) is 0.442. The number of rotatable bonds is 6. The van der Waals surface area contributed by atoms with Crippen LogP contribution < -0.4 is 20.3 Å². The first kappa shape index (κ1) is 22.4. The van der Waals surface area contributed by atoms with Crippen LogP contribution in [-0.4, -0.2) is 70.0 Å². The predicted molar refractivity (Wildman–Crippen MR) is 126 cm³/mol. The van der Waals surface area contributed by atoms with Crippen molar-refractivity contribution in [2.24, 2.45) is 5.92 Å². The van der Waals surface area contributed by atoms with E-state index in [1.165, 1.54) is 11.6 Å². The van der Waals surface area contributed by atoms with Gasteiger partial charge in [-0.2, -0.15) is 0 Å². The van der Waals surface area contributed by atoms with Crippen LogP contribution in [0.3, 0.4) is 0 Å². The maximum absolute atomic E-state index is 14.3. The number of nitrogens with one attached hydrogen (secondary N) is 1. The molecule has 9 nitrogen and oxygen atoms in total. The highest BCUT2D eigenvalue weighted by molar-refractivity contribution is 5.82. The summed E-state index contributed by atoms with van der Waals surface area (Å²) in [4.78, 5) is 23.4. The Kier molecular flexibility index (Phi) is 5.87. The van der Waals surface area contributed by atoms with Crippen LogP contribution in [0.4, 0.5) is 4.39 Å². The summed E-state index contributed by atoms with van der Waals surface area (Å²) in [5.41, 5.74) is 2.88. The van der Waals surface area contributed by atoms with E-state index in [1.54, 1.807) is 16.8 Å². The normalized spacial score (nSPS) is 23.7. The summed E-state index contributed by atoms with van der Waals surface area (Å²) >= 11 is 0. The number of nitrogens with zero attached hydrogens (tertiary/aromatic N) is 4. The van der Waals surface area contributed by atoms with Crippen LogP contribution in [0.1, 0.15) is 23.7 Å². The number of aryl methyl sites for hydroxylation is 1. The van der Waals surface area contributed by atoms with Gasteiger partial charge in [0.05, 0.1) is 42.4 Å². The number of hydrogen-bond acceptors (Lipinski definition) is 8. The van der Waals surface area contributed by atoms with Crippen molar-refractivity contribution >= 4 is 11.0 Å². The molecule has 0 amide bonds. The molecule has 3 atom stereocenters. The Morgan fingerprint density at radius 3 is 3.03 bits per heavy atom. The van der Waals surface area contributed by atoms with Crippen molar-refractivity contribution in [2.75, 3.05) is 39.4 Å². The van der Waals surface area contributed by atoms with Crippen LogP contribution in [0.2, 0.25) is 0 Å². The fourth-order valence-electron chi connectivity index (χ4n) is 5.43. The van der Waals surface area contributed by atoms with Gasteiger partial charge in [0.1, 0.15) is 17.9 Å². The van der Waals surface area contributed by atoms with Crippen molar-refractivity contribution in [2.45, 2.75) is 31.5 Å². The molecular formula is C25H28FN5O4. The van der Waals surface area contributed by atoms with E-state index >= 15 is 0 Å². The van der Waals surface area contributed by atoms with Crippen molar-refractivity contribution in [3.63, 3.8) is 0 Å². The average molecular weight is 482 g/mol. The van der Waals surface area contributed by atoms with Crippen molar-refractivity contribution in [3.05, 3.63) is 58.0 Å². The molecule has 0 bridgehead atoms. The number of β-amino-alcohol motifs (C(OH)–C–C–N with tert-alkyl or cyclic N) is 1. The van der Waals surface area contributed by atoms with Crippen LogP contribution in [0.25, 0.3) is 11.0 Å². The number of fused-ring (bicyclic) bond motifs is 1. The molecule has 0 aromatic carbocycles. The first-order chi connectivity index (χ1) is 17.1. The summed E-state index contributed by atoms with van der Waals surface area (Å²) < 4.78 is 27.2. The summed E-state index contributed by atoms with van der Waals surface area (Å²) in [5, 5.41) is 14.1. The summed E-state index contributed by atoms with van der Waals surface area (Å²) in [6.45, 7) is 3.94. The summed E-state index contributed by atoms with van der Waals surface area (Å²) in [6.07, 6.45) is 4.48. The van der Waals surface area contributed by atoms with Crippen LogP contribution in [0.15, 0.2) is 35.4 Å². The summed E-state index contributed by atoms with van der Waals surface area (Å²) in [6, 6.07) is 4.86. The maximum atomic E-state index is 14.3. The molecule has 0 radical (unpaired) electrons. The molecule has 3 aliphatic rings. The highest BCUT2D eigenvalue weighted by Crippen LogP contribution is 2.33. The van der Waals surface area contributed by atoms with Gasteiger partial charge in [-0.15, -0.1) is 0 Å². The molecule has 6 rings (SSSR count). The number of aliphatic hydroxyl groups is 1. The highest BCUT2D eigenvalue weighted by atomic mass is 19.1. The van der Waals surface area contributed by atoms with Crippen LogP contribution >= 0.6 is 0 Å². The zero-order valence-electron chi connectivity index (χ0n) is 19.3. The third-order valence-electron chi connectivity index (χ3n) is 7.16. The first-order valence-corrected chi connectivity index (χ1v) is 12.1. The van der Waals surface area contributed by atoms with Gasteiger partial charge in [-0.05, 0) is 30.5 Å². The molecular weight excluding hydrogens is 453 g/mol. The topological polar surface area (TPSA) is 102 Å². The molecule has 10 heteroatoms. The van der Waals surface area contributed by atoms with Crippen LogP contribution in [0.5, 0.6) is 11.5 Å². The number of hydrogen-bond donors (Lipinski definition) is 2. The zero-order chi connectivity index (χ0) is 23.9. The van der Waals surface area contributed by atoms with Gasteiger partial charge in [-0.3, -0.25) is 24.2 Å². The average Bonchev–Trinajstić information content (AvgIpc) is 3.21. The third kappa shape index (κ3) is 4.26. The minimum absolute atomic E-state index is 0.0550. The lowest BCUT2D eigenvalue weighted by Gasteiger charge is -2.30. The number of aliphatic hydroxyl groups excluding tert-OH is 1. The van der Waals surface area contributed by atoms with Gasteiger partial charge in [0.2, 0.25) is 0 Å². The lowest BCUT2D eigenvalue weighted by molar-refractivity contribution is 0.134. The SMILES string of the molecule is O=c1ccc2ncc(F)c3c2n1[C@H](CN1C[C@@H](CNCc2cc4c(cn2)OCCC4)[C@H](O)C1)CO3. The lowest BCUT2D eigenvalue weighted by atomic mass is 10.1. The molecule has 1 fully saturated rings. The van der Waals surface area contributed by atoms with Crippen molar-refractivity contribution < 1.29 is 19.0 Å². The van der Waals surface area contributed by atoms with E-state index < -0.39 is 11.9 Å². The maximum Gasteiger partial charge on any atom is 0.251 e. The Morgan fingerprint density at radius 2 is 2.11 bits per heavy atom. The van der Waals surface area contributed by atoms with Gasteiger partial charge < -0.3 is 19.9 Å². The van der Waals surface area contributed by atoms with E-state index in [9.17, 15) is 14.3 Å². The molecule has 35 heavy (non-hydrogen) atoms. The van der Waals surface area contributed by atoms with Crippen molar-refractivity contribution in [1.29, 1.82) is 0 Å². The molecule has 6 heterocycles. The van der Waals surface area contributed by atoms with Crippen molar-refractivity contribution in [1.82, 2.24) is 24.8 Å². The minimum atomic E-state index is -0.570. The number of likely N-dealkylation sites (tertiary alicyclic amines) is 1. The Balaban J connectivity index is 1.09. The second-order valence-electron chi connectivity index (χ2n) is 9.59. The van der Waals surface area contributed by atoms with Gasteiger partial charge in [0.25, 0.3) is 5.56 Å². The molecule has 0 unspecified atom stereocenters. The standard InChI is InChI=1S/C25H28FN5O4/c26-19-9-29-20-3-4-23(33)31-18(14-35-25(19)24(20)31)12-30-11-16(21(32)13-30)7-27-8-17-6-15-2-1-5-34-22(15)10-28-17/h3-4,6,9-10,16,18,21,27,32H,1-2,5,7-8,11-14H2/t16-,18-,21-/m1/s1. The second kappa shape index (κ2) is 9.18. The Labute approximate surface area is 201 Å². The molecule has 184 valence electrons. The van der Waals surface area contributed by atoms with E-state index in [4.69, 9.17) is 9.47 Å². The minimum Gasteiger partial charge on any atom is -0.492 e.